The van der Waals surface area contributed by atoms with E-state index in [-0.39, 0.29) is 5.97 Å². The second-order valence-corrected chi connectivity index (χ2v) is 3.03. The van der Waals surface area contributed by atoms with Crippen molar-refractivity contribution in [3.8, 4) is 0 Å². The summed E-state index contributed by atoms with van der Waals surface area (Å²) in [6, 6.07) is 0. The highest BCUT2D eigenvalue weighted by Crippen LogP contribution is 2.14. The van der Waals surface area contributed by atoms with Crippen molar-refractivity contribution in [3.05, 3.63) is 23.5 Å². The second-order valence-electron chi connectivity index (χ2n) is 3.03. The Hall–Kier alpha value is -1.38. The molecule has 0 aromatic heterocycles. The predicted octanol–water partition coefficient (Wildman–Crippen LogP) is 1.45. The topological polar surface area (TPSA) is 29.3 Å². The molecule has 0 saturated carbocycles. The Morgan fingerprint density at radius 3 is 2.15 bits per heavy atom. The summed E-state index contributed by atoms with van der Waals surface area (Å²) in [4.78, 5) is 11.2. The lowest BCUT2D eigenvalue weighted by molar-refractivity contribution is -0.417. The predicted molar refractivity (Wildman–Crippen MR) is 50.5 cm³/mol. The normalized spacial score (nSPS) is 15.2. The first-order valence-electron chi connectivity index (χ1n) is 4.15. The van der Waals surface area contributed by atoms with Crippen molar-refractivity contribution >= 4 is 11.7 Å². The lowest BCUT2D eigenvalue weighted by atomic mass is 10.3. The lowest BCUT2D eigenvalue weighted by Crippen LogP contribution is -2.23. The summed E-state index contributed by atoms with van der Waals surface area (Å²) >= 11 is 0. The van der Waals surface area contributed by atoms with Crippen molar-refractivity contribution in [2.75, 3.05) is 7.11 Å². The molecule has 70 valence electrons. The molecular formula is C10H14NO2+. The van der Waals surface area contributed by atoms with Crippen molar-refractivity contribution < 1.29 is 14.1 Å². The van der Waals surface area contributed by atoms with E-state index in [1.807, 2.05) is 30.6 Å². The third kappa shape index (κ3) is 1.69. The van der Waals surface area contributed by atoms with Gasteiger partial charge in [-0.15, -0.1) is 0 Å². The molecule has 0 spiro atoms. The molecule has 1 rings (SSSR count). The van der Waals surface area contributed by atoms with Gasteiger partial charge in [-0.3, -0.25) is 0 Å². The minimum atomic E-state index is -0.289. The number of rotatable bonds is 1. The van der Waals surface area contributed by atoms with E-state index in [1.54, 1.807) is 6.92 Å². The lowest BCUT2D eigenvalue weighted by Gasteiger charge is -2.00. The maximum Gasteiger partial charge on any atom is 0.398 e. The van der Waals surface area contributed by atoms with Crippen LogP contribution in [0.4, 0.5) is 0 Å². The molecule has 1 heterocycles. The molecule has 3 nitrogen and oxygen atoms in total. The molecule has 0 fully saturated rings. The Bertz CT molecular complexity index is 315. The molecule has 0 unspecified atom stereocenters. The van der Waals surface area contributed by atoms with Crippen molar-refractivity contribution in [1.29, 1.82) is 0 Å². The van der Waals surface area contributed by atoms with Crippen LogP contribution in [0.25, 0.3) is 0 Å². The fourth-order valence-corrected chi connectivity index (χ4v) is 1.44. The van der Waals surface area contributed by atoms with Gasteiger partial charge >= 0.3 is 5.97 Å². The first-order chi connectivity index (χ1) is 6.07. The van der Waals surface area contributed by atoms with Gasteiger partial charge in [0.2, 0.25) is 0 Å². The van der Waals surface area contributed by atoms with Gasteiger partial charge in [0.15, 0.2) is 11.4 Å². The monoisotopic (exact) mass is 180 g/mol. The number of carbonyl (C=O) groups excluding carboxylic acids is 1. The van der Waals surface area contributed by atoms with E-state index in [0.717, 1.165) is 11.4 Å². The van der Waals surface area contributed by atoms with Crippen molar-refractivity contribution in [2.24, 2.45) is 0 Å². The summed E-state index contributed by atoms with van der Waals surface area (Å²) in [5, 5.41) is 0. The first-order valence-corrected chi connectivity index (χ1v) is 4.15. The van der Waals surface area contributed by atoms with Crippen LogP contribution in [0, 0.1) is 0 Å². The smallest absolute Gasteiger partial charge is 0.398 e. The minimum Gasteiger partial charge on any atom is -0.461 e. The third-order valence-electron chi connectivity index (χ3n) is 2.09. The summed E-state index contributed by atoms with van der Waals surface area (Å²) in [6.07, 6.45) is 3.95. The van der Waals surface area contributed by atoms with Crippen LogP contribution in [0.5, 0.6) is 0 Å². The Balaban J connectivity index is 3.11. The van der Waals surface area contributed by atoms with Gasteiger partial charge in [0.25, 0.3) is 5.71 Å². The highest BCUT2D eigenvalue weighted by Gasteiger charge is 2.25. The average Bonchev–Trinajstić information content (AvgIpc) is 2.44. The molecule has 0 N–H and O–H groups in total. The molecule has 1 aliphatic rings. The van der Waals surface area contributed by atoms with Crippen LogP contribution in [0.3, 0.4) is 0 Å². The van der Waals surface area contributed by atoms with E-state index in [1.165, 1.54) is 7.11 Å². The van der Waals surface area contributed by atoms with Gasteiger partial charge < -0.3 is 4.74 Å². The molecule has 0 bridgehead atoms. The molecule has 0 amide bonds. The van der Waals surface area contributed by atoms with Gasteiger partial charge in [-0.25, -0.2) is 4.79 Å². The number of carbonyl (C=O) groups is 1. The summed E-state index contributed by atoms with van der Waals surface area (Å²) in [5.41, 5.74) is 2.68. The highest BCUT2D eigenvalue weighted by molar-refractivity contribution is 6.33. The van der Waals surface area contributed by atoms with E-state index < -0.39 is 0 Å². The maximum absolute atomic E-state index is 11.2. The summed E-state index contributed by atoms with van der Waals surface area (Å²) in [7, 11) is 1.39. The minimum absolute atomic E-state index is 0.289. The molecule has 3 heteroatoms. The number of hydrogen-bond acceptors (Lipinski definition) is 2. The number of esters is 1. The molecule has 13 heavy (non-hydrogen) atoms. The number of ether oxygens (including phenoxy) is 1. The standard InChI is InChI=1S/C10H14NO2/c1-7-5-6-8(2)11(7)9(3)10(12)13-4/h5-6H,1-4H3/q+1. The fourth-order valence-electron chi connectivity index (χ4n) is 1.44. The van der Waals surface area contributed by atoms with Gasteiger partial charge in [0.1, 0.15) is 0 Å². The van der Waals surface area contributed by atoms with Crippen LogP contribution < -0.4 is 0 Å². The first kappa shape index (κ1) is 9.71. The van der Waals surface area contributed by atoms with Crippen LogP contribution >= 0.6 is 0 Å². The van der Waals surface area contributed by atoms with Crippen LogP contribution in [0.1, 0.15) is 20.8 Å². The zero-order valence-corrected chi connectivity index (χ0v) is 8.42. The van der Waals surface area contributed by atoms with E-state index in [9.17, 15) is 4.79 Å². The fraction of sp³-hybridized carbons (Fsp3) is 0.400. The molecular weight excluding hydrogens is 166 g/mol. The van der Waals surface area contributed by atoms with Crippen LogP contribution in [-0.4, -0.2) is 23.4 Å². The van der Waals surface area contributed by atoms with Crippen LogP contribution in [0.2, 0.25) is 0 Å². The molecule has 0 saturated heterocycles. The highest BCUT2D eigenvalue weighted by atomic mass is 16.5. The molecule has 0 aromatic carbocycles. The summed E-state index contributed by atoms with van der Waals surface area (Å²) in [5.74, 6) is -0.289. The van der Waals surface area contributed by atoms with Crippen LogP contribution in [-0.2, 0) is 9.53 Å². The van der Waals surface area contributed by atoms with Crippen LogP contribution in [0.15, 0.2) is 23.5 Å². The average molecular weight is 180 g/mol. The van der Waals surface area contributed by atoms with Gasteiger partial charge in [0.05, 0.1) is 7.11 Å². The molecule has 0 aromatic rings. The van der Waals surface area contributed by atoms with Gasteiger partial charge in [-0.05, 0) is 0 Å². The molecule has 0 aliphatic carbocycles. The molecule has 1 aliphatic heterocycles. The third-order valence-corrected chi connectivity index (χ3v) is 2.09. The Morgan fingerprint density at radius 2 is 1.77 bits per heavy atom. The van der Waals surface area contributed by atoms with Crippen molar-refractivity contribution in [1.82, 2.24) is 0 Å². The van der Waals surface area contributed by atoms with E-state index in [0.29, 0.717) is 5.71 Å². The number of hydrogen-bond donors (Lipinski definition) is 0. The molecule has 0 radical (unpaired) electrons. The largest absolute Gasteiger partial charge is 0.461 e. The Morgan fingerprint density at radius 1 is 1.31 bits per heavy atom. The number of methoxy groups -OCH3 is 1. The van der Waals surface area contributed by atoms with E-state index in [4.69, 9.17) is 0 Å². The van der Waals surface area contributed by atoms with Crippen molar-refractivity contribution in [3.63, 3.8) is 0 Å². The summed E-state index contributed by atoms with van der Waals surface area (Å²) < 4.78 is 6.53. The molecule has 0 atom stereocenters. The van der Waals surface area contributed by atoms with E-state index in [2.05, 4.69) is 4.74 Å². The van der Waals surface area contributed by atoms with Gasteiger partial charge in [0, 0.05) is 32.9 Å². The zero-order valence-electron chi connectivity index (χ0n) is 8.42. The SMILES string of the molecule is COC(=O)C(C)=[N+]1C(C)=CC=C1C. The zero-order chi connectivity index (χ0) is 10.0. The quantitative estimate of drug-likeness (QED) is 0.451. The number of nitrogens with zero attached hydrogens (tertiary/aromatic N) is 1. The van der Waals surface area contributed by atoms with Gasteiger partial charge in [-0.1, -0.05) is 0 Å². The summed E-state index contributed by atoms with van der Waals surface area (Å²) in [6.45, 7) is 5.67. The van der Waals surface area contributed by atoms with Crippen molar-refractivity contribution in [2.45, 2.75) is 20.8 Å². The number of allylic oxidation sites excluding steroid dienone is 4. The maximum atomic E-state index is 11.2. The second kappa shape index (κ2) is 3.56. The Labute approximate surface area is 78.0 Å². The van der Waals surface area contributed by atoms with Gasteiger partial charge in [-0.2, -0.15) is 4.58 Å². The van der Waals surface area contributed by atoms with E-state index >= 15 is 0 Å². The Kier molecular flexibility index (Phi) is 2.66.